The number of carbonyl (C=O) groups excluding carboxylic acids is 1. The van der Waals surface area contributed by atoms with E-state index in [0.29, 0.717) is 23.5 Å². The second kappa shape index (κ2) is 7.01. The number of ether oxygens (including phenoxy) is 1. The number of hydrogen-bond acceptors (Lipinski definition) is 9. The molecular weight excluding hydrogens is 346 g/mol. The van der Waals surface area contributed by atoms with Crippen molar-refractivity contribution in [1.29, 1.82) is 0 Å². The quantitative estimate of drug-likeness (QED) is 0.749. The molecule has 1 aliphatic heterocycles. The van der Waals surface area contributed by atoms with Gasteiger partial charge >= 0.3 is 5.97 Å². The Labute approximate surface area is 144 Å². The summed E-state index contributed by atoms with van der Waals surface area (Å²) >= 11 is 0. The van der Waals surface area contributed by atoms with E-state index in [4.69, 9.17) is 4.74 Å². The zero-order valence-corrected chi connectivity index (χ0v) is 14.3. The van der Waals surface area contributed by atoms with Crippen LogP contribution in [0.5, 0.6) is 0 Å². The SMILES string of the molecule is COC(=O)c1ccccc1Nc1nncc(NC2CCS(=O)(=O)C2)n1. The number of para-hydroxylation sites is 1. The Morgan fingerprint density at radius 2 is 2.12 bits per heavy atom. The summed E-state index contributed by atoms with van der Waals surface area (Å²) < 4.78 is 27.8. The molecule has 0 aliphatic carbocycles. The maximum absolute atomic E-state index is 11.8. The van der Waals surface area contributed by atoms with Gasteiger partial charge in [0.25, 0.3) is 0 Å². The molecule has 1 unspecified atom stereocenters. The number of esters is 1. The van der Waals surface area contributed by atoms with Gasteiger partial charge in [0, 0.05) is 6.04 Å². The molecule has 2 N–H and O–H groups in total. The molecule has 132 valence electrons. The van der Waals surface area contributed by atoms with Gasteiger partial charge in [0.15, 0.2) is 15.7 Å². The summed E-state index contributed by atoms with van der Waals surface area (Å²) in [6, 6.07) is 6.59. The number of nitrogens with zero attached hydrogens (tertiary/aromatic N) is 3. The highest BCUT2D eigenvalue weighted by atomic mass is 32.2. The van der Waals surface area contributed by atoms with Crippen LogP contribution in [0.3, 0.4) is 0 Å². The summed E-state index contributed by atoms with van der Waals surface area (Å²) in [7, 11) is -1.68. The van der Waals surface area contributed by atoms with Crippen molar-refractivity contribution in [3.8, 4) is 0 Å². The maximum atomic E-state index is 11.8. The Morgan fingerprint density at radius 1 is 1.32 bits per heavy atom. The molecular formula is C15H17N5O4S. The van der Waals surface area contributed by atoms with Crippen LogP contribution < -0.4 is 10.6 Å². The predicted molar refractivity (Wildman–Crippen MR) is 91.6 cm³/mol. The fourth-order valence-electron chi connectivity index (χ4n) is 2.54. The molecule has 1 saturated heterocycles. The fourth-order valence-corrected chi connectivity index (χ4v) is 4.22. The standard InChI is InChI=1S/C15H17N5O4S/c1-24-14(21)11-4-2-3-5-12(11)18-15-19-13(8-16-20-15)17-10-6-7-25(22,23)9-10/h2-5,8,10H,6-7,9H2,1H3,(H2,17,18,19,20). The Bertz CT molecular complexity index is 887. The molecule has 0 bridgehead atoms. The molecule has 2 heterocycles. The van der Waals surface area contributed by atoms with Crippen molar-refractivity contribution in [2.24, 2.45) is 0 Å². The predicted octanol–water partition coefficient (Wildman–Crippen LogP) is 1.00. The van der Waals surface area contributed by atoms with Gasteiger partial charge in [-0.1, -0.05) is 12.1 Å². The van der Waals surface area contributed by atoms with E-state index in [1.165, 1.54) is 13.3 Å². The molecule has 2 aromatic rings. The highest BCUT2D eigenvalue weighted by Crippen LogP contribution is 2.20. The van der Waals surface area contributed by atoms with Gasteiger partial charge in [-0.05, 0) is 18.6 Å². The van der Waals surface area contributed by atoms with Crippen molar-refractivity contribution in [3.05, 3.63) is 36.0 Å². The highest BCUT2D eigenvalue weighted by Gasteiger charge is 2.28. The lowest BCUT2D eigenvalue weighted by Crippen LogP contribution is -2.21. The third-order valence-electron chi connectivity index (χ3n) is 3.72. The van der Waals surface area contributed by atoms with Crippen molar-refractivity contribution in [1.82, 2.24) is 15.2 Å². The number of hydrogen-bond donors (Lipinski definition) is 2. The number of rotatable bonds is 5. The van der Waals surface area contributed by atoms with Gasteiger partial charge in [-0.25, -0.2) is 13.2 Å². The van der Waals surface area contributed by atoms with Crippen LogP contribution in [0.4, 0.5) is 17.5 Å². The maximum Gasteiger partial charge on any atom is 0.339 e. The molecule has 0 saturated carbocycles. The van der Waals surface area contributed by atoms with Crippen molar-refractivity contribution in [2.75, 3.05) is 29.2 Å². The van der Waals surface area contributed by atoms with Crippen LogP contribution in [0.2, 0.25) is 0 Å². The van der Waals surface area contributed by atoms with Crippen molar-refractivity contribution in [2.45, 2.75) is 12.5 Å². The second-order valence-corrected chi connectivity index (χ2v) is 7.80. The number of aromatic nitrogens is 3. The van der Waals surface area contributed by atoms with Gasteiger partial charge in [0.2, 0.25) is 5.95 Å². The summed E-state index contributed by atoms with van der Waals surface area (Å²) in [4.78, 5) is 16.1. The molecule has 10 heteroatoms. The van der Waals surface area contributed by atoms with Gasteiger partial charge < -0.3 is 15.4 Å². The first kappa shape index (κ1) is 17.1. The normalized spacial score (nSPS) is 18.5. The Kier molecular flexibility index (Phi) is 4.79. The zero-order chi connectivity index (χ0) is 17.9. The Hall–Kier alpha value is -2.75. The molecule has 3 rings (SSSR count). The summed E-state index contributed by atoms with van der Waals surface area (Å²) in [5, 5.41) is 13.7. The number of sulfone groups is 1. The summed E-state index contributed by atoms with van der Waals surface area (Å²) in [5.74, 6) is 0.352. The topological polar surface area (TPSA) is 123 Å². The second-order valence-electron chi connectivity index (χ2n) is 5.57. The van der Waals surface area contributed by atoms with Gasteiger partial charge in [0.1, 0.15) is 0 Å². The molecule has 0 amide bonds. The fraction of sp³-hybridized carbons (Fsp3) is 0.333. The van der Waals surface area contributed by atoms with Crippen molar-refractivity contribution in [3.63, 3.8) is 0 Å². The first-order chi connectivity index (χ1) is 12.0. The minimum Gasteiger partial charge on any atom is -0.465 e. The lowest BCUT2D eigenvalue weighted by molar-refractivity contribution is 0.0602. The van der Waals surface area contributed by atoms with E-state index in [2.05, 4.69) is 25.8 Å². The lowest BCUT2D eigenvalue weighted by Gasteiger charge is -2.12. The average Bonchev–Trinajstić information content (AvgIpc) is 2.93. The van der Waals surface area contributed by atoms with Crippen molar-refractivity contribution >= 4 is 33.3 Å². The van der Waals surface area contributed by atoms with E-state index in [0.717, 1.165) is 0 Å². The smallest absolute Gasteiger partial charge is 0.339 e. The lowest BCUT2D eigenvalue weighted by atomic mass is 10.2. The van der Waals surface area contributed by atoms with E-state index < -0.39 is 15.8 Å². The highest BCUT2D eigenvalue weighted by molar-refractivity contribution is 7.91. The summed E-state index contributed by atoms with van der Waals surface area (Å²) in [5.41, 5.74) is 0.825. The van der Waals surface area contributed by atoms with Crippen LogP contribution in [0.25, 0.3) is 0 Å². The molecule has 0 spiro atoms. The number of benzene rings is 1. The van der Waals surface area contributed by atoms with Crippen LogP contribution in [0.1, 0.15) is 16.8 Å². The van der Waals surface area contributed by atoms with E-state index in [1.807, 2.05) is 0 Å². The van der Waals surface area contributed by atoms with Gasteiger partial charge in [-0.2, -0.15) is 10.1 Å². The Morgan fingerprint density at radius 3 is 2.84 bits per heavy atom. The molecule has 1 aromatic carbocycles. The average molecular weight is 363 g/mol. The molecule has 9 nitrogen and oxygen atoms in total. The van der Waals surface area contributed by atoms with Gasteiger partial charge in [0.05, 0.1) is 36.1 Å². The molecule has 0 radical (unpaired) electrons. The first-order valence-corrected chi connectivity index (χ1v) is 9.40. The number of nitrogens with one attached hydrogen (secondary N) is 2. The summed E-state index contributed by atoms with van der Waals surface area (Å²) in [6.07, 6.45) is 1.95. The van der Waals surface area contributed by atoms with Crippen LogP contribution in [-0.4, -0.2) is 54.2 Å². The van der Waals surface area contributed by atoms with E-state index in [-0.39, 0.29) is 23.5 Å². The molecule has 1 atom stereocenters. The van der Waals surface area contributed by atoms with E-state index in [1.54, 1.807) is 24.3 Å². The van der Waals surface area contributed by atoms with Gasteiger partial charge in [-0.3, -0.25) is 0 Å². The van der Waals surface area contributed by atoms with Crippen molar-refractivity contribution < 1.29 is 17.9 Å². The minimum absolute atomic E-state index is 0.0743. The van der Waals surface area contributed by atoms with Crippen LogP contribution in [0.15, 0.2) is 30.5 Å². The van der Waals surface area contributed by atoms with E-state index >= 15 is 0 Å². The van der Waals surface area contributed by atoms with E-state index in [9.17, 15) is 13.2 Å². The first-order valence-electron chi connectivity index (χ1n) is 7.58. The van der Waals surface area contributed by atoms with Crippen LogP contribution in [0, 0.1) is 0 Å². The molecule has 25 heavy (non-hydrogen) atoms. The number of anilines is 3. The number of carbonyl (C=O) groups is 1. The third kappa shape index (κ3) is 4.21. The summed E-state index contributed by atoms with van der Waals surface area (Å²) in [6.45, 7) is 0. The van der Waals surface area contributed by atoms with Gasteiger partial charge in [-0.15, -0.1) is 5.10 Å². The zero-order valence-electron chi connectivity index (χ0n) is 13.5. The third-order valence-corrected chi connectivity index (χ3v) is 5.49. The largest absolute Gasteiger partial charge is 0.465 e. The Balaban J connectivity index is 1.76. The monoisotopic (exact) mass is 363 g/mol. The molecule has 1 aromatic heterocycles. The number of methoxy groups -OCH3 is 1. The van der Waals surface area contributed by atoms with Crippen LogP contribution in [-0.2, 0) is 14.6 Å². The molecule has 1 fully saturated rings. The minimum atomic E-state index is -2.99. The molecule has 1 aliphatic rings. The van der Waals surface area contributed by atoms with Crippen LogP contribution >= 0.6 is 0 Å².